The van der Waals surface area contributed by atoms with E-state index >= 15 is 0 Å². The van der Waals surface area contributed by atoms with Gasteiger partial charge in [-0.25, -0.2) is 15.0 Å². The van der Waals surface area contributed by atoms with Crippen LogP contribution in [0.1, 0.15) is 13.8 Å². The van der Waals surface area contributed by atoms with Gasteiger partial charge in [-0.15, -0.1) is 0 Å². The van der Waals surface area contributed by atoms with E-state index in [1.54, 1.807) is 12.4 Å². The standard InChI is InChI=1S/C16H15ClN4/c1-16(2)7-3-4-12-10(16)8-21(12)15-14-11(18-9-19-15)5-6-13(17)20-14/h3-7,9-10H,8H2,1-2H3. The maximum atomic E-state index is 6.03. The summed E-state index contributed by atoms with van der Waals surface area (Å²) in [5.41, 5.74) is 3.06. The lowest BCUT2D eigenvalue weighted by Crippen LogP contribution is -2.51. The van der Waals surface area contributed by atoms with Gasteiger partial charge in [-0.05, 0) is 23.6 Å². The second kappa shape index (κ2) is 4.28. The van der Waals surface area contributed by atoms with Crippen molar-refractivity contribution in [3.63, 3.8) is 0 Å². The lowest BCUT2D eigenvalue weighted by molar-refractivity contribution is 0.272. The number of fused-ring (bicyclic) bond motifs is 2. The number of rotatable bonds is 1. The van der Waals surface area contributed by atoms with Crippen LogP contribution in [0.3, 0.4) is 0 Å². The molecule has 4 nitrogen and oxygen atoms in total. The van der Waals surface area contributed by atoms with E-state index in [9.17, 15) is 0 Å². The Balaban J connectivity index is 1.81. The van der Waals surface area contributed by atoms with Crippen molar-refractivity contribution in [1.82, 2.24) is 15.0 Å². The van der Waals surface area contributed by atoms with E-state index in [1.165, 1.54) is 5.70 Å². The highest BCUT2D eigenvalue weighted by atomic mass is 35.5. The van der Waals surface area contributed by atoms with Crippen LogP contribution in [0.5, 0.6) is 0 Å². The molecule has 1 fully saturated rings. The first-order chi connectivity index (χ1) is 10.1. The van der Waals surface area contributed by atoms with Crippen molar-refractivity contribution >= 4 is 28.5 Å². The Kier molecular flexibility index (Phi) is 2.60. The van der Waals surface area contributed by atoms with Crippen LogP contribution in [0.15, 0.2) is 42.4 Å². The quantitative estimate of drug-likeness (QED) is 0.755. The van der Waals surface area contributed by atoms with Crippen LogP contribution in [0.2, 0.25) is 5.15 Å². The summed E-state index contributed by atoms with van der Waals surface area (Å²) in [6, 6.07) is 3.64. The summed E-state index contributed by atoms with van der Waals surface area (Å²) in [7, 11) is 0. The molecule has 4 rings (SSSR count). The minimum absolute atomic E-state index is 0.189. The number of hydrogen-bond acceptors (Lipinski definition) is 4. The van der Waals surface area contributed by atoms with Crippen molar-refractivity contribution < 1.29 is 0 Å². The van der Waals surface area contributed by atoms with Crippen LogP contribution in [0.25, 0.3) is 11.0 Å². The predicted octanol–water partition coefficient (Wildman–Crippen LogP) is 3.59. The molecule has 2 aliphatic rings. The fourth-order valence-electron chi connectivity index (χ4n) is 3.10. The van der Waals surface area contributed by atoms with E-state index in [0.29, 0.717) is 11.1 Å². The van der Waals surface area contributed by atoms with Gasteiger partial charge in [0.2, 0.25) is 0 Å². The number of allylic oxidation sites excluding steroid dienone is 3. The minimum atomic E-state index is 0.189. The van der Waals surface area contributed by atoms with Gasteiger partial charge in [-0.1, -0.05) is 37.6 Å². The molecule has 0 radical (unpaired) electrons. The first-order valence-electron chi connectivity index (χ1n) is 7.00. The number of pyridine rings is 1. The van der Waals surface area contributed by atoms with Crippen molar-refractivity contribution in [2.75, 3.05) is 11.4 Å². The molecule has 3 heterocycles. The average molecular weight is 299 g/mol. The van der Waals surface area contributed by atoms with Crippen molar-refractivity contribution in [1.29, 1.82) is 0 Å². The van der Waals surface area contributed by atoms with Gasteiger partial charge in [0.15, 0.2) is 5.82 Å². The zero-order valence-electron chi connectivity index (χ0n) is 11.9. The average Bonchev–Trinajstić information content (AvgIpc) is 2.41. The largest absolute Gasteiger partial charge is 0.327 e. The van der Waals surface area contributed by atoms with E-state index in [-0.39, 0.29) is 5.41 Å². The van der Waals surface area contributed by atoms with E-state index in [4.69, 9.17) is 11.6 Å². The van der Waals surface area contributed by atoms with E-state index in [0.717, 1.165) is 23.4 Å². The minimum Gasteiger partial charge on any atom is -0.327 e. The molecule has 1 atom stereocenters. The molecular weight excluding hydrogens is 284 g/mol. The lowest BCUT2D eigenvalue weighted by Gasteiger charge is -2.51. The topological polar surface area (TPSA) is 41.9 Å². The summed E-state index contributed by atoms with van der Waals surface area (Å²) in [4.78, 5) is 15.3. The zero-order chi connectivity index (χ0) is 14.6. The number of aromatic nitrogens is 3. The number of nitrogens with zero attached hydrogens (tertiary/aromatic N) is 4. The van der Waals surface area contributed by atoms with Crippen molar-refractivity contribution in [3.05, 3.63) is 47.5 Å². The highest BCUT2D eigenvalue weighted by molar-refractivity contribution is 6.29. The third-order valence-corrected chi connectivity index (χ3v) is 4.62. The molecule has 2 aromatic rings. The normalized spacial score (nSPS) is 22.7. The van der Waals surface area contributed by atoms with Gasteiger partial charge in [-0.2, -0.15) is 0 Å². The molecule has 1 saturated heterocycles. The fraction of sp³-hybridized carbons (Fsp3) is 0.312. The first kappa shape index (κ1) is 12.8. The van der Waals surface area contributed by atoms with Gasteiger partial charge in [-0.3, -0.25) is 0 Å². The van der Waals surface area contributed by atoms with Crippen molar-refractivity contribution in [3.8, 4) is 0 Å². The molecule has 0 saturated carbocycles. The molecule has 21 heavy (non-hydrogen) atoms. The second-order valence-corrected chi connectivity index (χ2v) is 6.52. The molecule has 5 heteroatoms. The highest BCUT2D eigenvalue weighted by Gasteiger charge is 2.44. The Morgan fingerprint density at radius 3 is 3.00 bits per heavy atom. The molecule has 1 aliphatic heterocycles. The Hall–Kier alpha value is -1.94. The van der Waals surface area contributed by atoms with Gasteiger partial charge in [0, 0.05) is 18.2 Å². The third-order valence-electron chi connectivity index (χ3n) is 4.41. The highest BCUT2D eigenvalue weighted by Crippen LogP contribution is 2.47. The SMILES string of the molecule is CC1(C)C=CC=C2C1CN2c1ncnc2ccc(Cl)nc12. The third kappa shape index (κ3) is 1.86. The summed E-state index contributed by atoms with van der Waals surface area (Å²) in [6.07, 6.45) is 8.15. The van der Waals surface area contributed by atoms with Gasteiger partial charge in [0.1, 0.15) is 17.0 Å². The van der Waals surface area contributed by atoms with E-state index < -0.39 is 0 Å². The molecule has 106 valence electrons. The van der Waals surface area contributed by atoms with Crippen LogP contribution >= 0.6 is 11.6 Å². The second-order valence-electron chi connectivity index (χ2n) is 6.13. The lowest BCUT2D eigenvalue weighted by atomic mass is 9.69. The Morgan fingerprint density at radius 1 is 1.29 bits per heavy atom. The van der Waals surface area contributed by atoms with Gasteiger partial charge < -0.3 is 4.90 Å². The summed E-state index contributed by atoms with van der Waals surface area (Å²) in [6.45, 7) is 5.49. The van der Waals surface area contributed by atoms with Gasteiger partial charge in [0.05, 0.1) is 5.52 Å². The molecule has 2 aromatic heterocycles. The van der Waals surface area contributed by atoms with Crippen LogP contribution in [-0.4, -0.2) is 21.5 Å². The zero-order valence-corrected chi connectivity index (χ0v) is 12.7. The van der Waals surface area contributed by atoms with Gasteiger partial charge in [0.25, 0.3) is 0 Å². The number of halogens is 1. The maximum absolute atomic E-state index is 6.03. The number of hydrogen-bond donors (Lipinski definition) is 0. The van der Waals surface area contributed by atoms with Crippen LogP contribution in [0, 0.1) is 11.3 Å². The molecule has 1 unspecified atom stereocenters. The van der Waals surface area contributed by atoms with Crippen molar-refractivity contribution in [2.45, 2.75) is 13.8 Å². The van der Waals surface area contributed by atoms with Crippen LogP contribution in [-0.2, 0) is 0 Å². The fourth-order valence-corrected chi connectivity index (χ4v) is 3.25. The summed E-state index contributed by atoms with van der Waals surface area (Å²) >= 11 is 6.03. The molecule has 0 spiro atoms. The molecular formula is C16H15ClN4. The predicted molar refractivity (Wildman–Crippen MR) is 84.2 cm³/mol. The monoisotopic (exact) mass is 298 g/mol. The van der Waals surface area contributed by atoms with Crippen LogP contribution < -0.4 is 4.90 Å². The Labute approximate surface area is 128 Å². The smallest absolute Gasteiger partial charge is 0.162 e. The molecule has 1 aliphatic carbocycles. The van der Waals surface area contributed by atoms with E-state index in [2.05, 4.69) is 51.9 Å². The Bertz CT molecular complexity index is 794. The molecule has 0 aromatic carbocycles. The molecule has 0 N–H and O–H groups in total. The molecule has 0 bridgehead atoms. The van der Waals surface area contributed by atoms with Gasteiger partial charge >= 0.3 is 0 Å². The number of anilines is 1. The maximum Gasteiger partial charge on any atom is 0.162 e. The summed E-state index contributed by atoms with van der Waals surface area (Å²) in [5.74, 6) is 1.38. The molecule has 0 amide bonds. The summed E-state index contributed by atoms with van der Waals surface area (Å²) in [5, 5.41) is 0.466. The van der Waals surface area contributed by atoms with Crippen LogP contribution in [0.4, 0.5) is 5.82 Å². The van der Waals surface area contributed by atoms with Crippen molar-refractivity contribution in [2.24, 2.45) is 11.3 Å². The first-order valence-corrected chi connectivity index (χ1v) is 7.38. The summed E-state index contributed by atoms with van der Waals surface area (Å²) < 4.78 is 0. The Morgan fingerprint density at radius 2 is 2.14 bits per heavy atom. The van der Waals surface area contributed by atoms with E-state index in [1.807, 2.05) is 6.07 Å².